The molecular formula is C55H39NO. The highest BCUT2D eigenvalue weighted by Gasteiger charge is 2.36. The topological polar surface area (TPSA) is 16.4 Å². The average Bonchev–Trinajstić information content (AvgIpc) is 3.76. The summed E-state index contributed by atoms with van der Waals surface area (Å²) in [5, 5.41) is 4.71. The van der Waals surface area contributed by atoms with E-state index in [0.29, 0.717) is 0 Å². The van der Waals surface area contributed by atoms with Crippen LogP contribution in [0.2, 0.25) is 0 Å². The van der Waals surface area contributed by atoms with Crippen LogP contribution in [0.5, 0.6) is 0 Å². The first kappa shape index (κ1) is 33.2. The maximum atomic E-state index is 6.55. The third-order valence-electron chi connectivity index (χ3n) is 12.1. The molecule has 1 heterocycles. The van der Waals surface area contributed by atoms with Gasteiger partial charge in [0.2, 0.25) is 0 Å². The number of nitrogens with zero attached hydrogens (tertiary/aromatic N) is 1. The second kappa shape index (κ2) is 13.0. The van der Waals surface area contributed by atoms with Crippen molar-refractivity contribution in [3.8, 4) is 44.5 Å². The summed E-state index contributed by atoms with van der Waals surface area (Å²) in [4.78, 5) is 2.45. The molecule has 57 heavy (non-hydrogen) atoms. The molecule has 0 aliphatic heterocycles. The van der Waals surface area contributed by atoms with E-state index in [4.69, 9.17) is 4.42 Å². The predicted molar refractivity (Wildman–Crippen MR) is 240 cm³/mol. The highest BCUT2D eigenvalue weighted by atomic mass is 16.3. The first-order chi connectivity index (χ1) is 28.0. The molecule has 2 heteroatoms. The Morgan fingerprint density at radius 2 is 1.02 bits per heavy atom. The van der Waals surface area contributed by atoms with Gasteiger partial charge in [-0.05, 0) is 109 Å². The molecule has 10 aromatic rings. The summed E-state index contributed by atoms with van der Waals surface area (Å²) in [6.45, 7) is 4.71. The summed E-state index contributed by atoms with van der Waals surface area (Å²) in [7, 11) is 0. The monoisotopic (exact) mass is 729 g/mol. The van der Waals surface area contributed by atoms with Gasteiger partial charge in [-0.25, -0.2) is 0 Å². The van der Waals surface area contributed by atoms with Gasteiger partial charge in [-0.1, -0.05) is 166 Å². The lowest BCUT2D eigenvalue weighted by atomic mass is 9.82. The van der Waals surface area contributed by atoms with Gasteiger partial charge in [-0.2, -0.15) is 0 Å². The van der Waals surface area contributed by atoms with E-state index in [0.717, 1.165) is 50.1 Å². The Balaban J connectivity index is 1.14. The van der Waals surface area contributed by atoms with Crippen LogP contribution >= 0.6 is 0 Å². The highest BCUT2D eigenvalue weighted by molar-refractivity contribution is 6.16. The minimum Gasteiger partial charge on any atom is -0.456 e. The standard InChI is InChI=1S/C55H39NO/c1-55(2)48-18-10-8-16-45(48)46-31-30-44(35-49(46)55)56(43-28-26-39(27-29-43)42-25-22-37-14-6-7-15-41(37)34-42)50-32-33-52-54(47-17-9-11-19-51(47)57-52)53(50)40-23-20-38(21-24-40)36-12-4-3-5-13-36/h3-35H,1-2H3. The zero-order valence-electron chi connectivity index (χ0n) is 31.9. The van der Waals surface area contributed by atoms with E-state index >= 15 is 0 Å². The summed E-state index contributed by atoms with van der Waals surface area (Å²) >= 11 is 0. The summed E-state index contributed by atoms with van der Waals surface area (Å²) < 4.78 is 6.55. The predicted octanol–water partition coefficient (Wildman–Crippen LogP) is 15.5. The molecule has 0 fully saturated rings. The zero-order chi connectivity index (χ0) is 38.1. The first-order valence-corrected chi connectivity index (χ1v) is 19.8. The minimum atomic E-state index is -0.144. The van der Waals surface area contributed by atoms with Gasteiger partial charge < -0.3 is 9.32 Å². The Labute approximate surface area is 332 Å². The van der Waals surface area contributed by atoms with Gasteiger partial charge in [-0.3, -0.25) is 0 Å². The van der Waals surface area contributed by atoms with Crippen LogP contribution in [0.1, 0.15) is 25.0 Å². The molecule has 0 bridgehead atoms. The molecule has 11 rings (SSSR count). The van der Waals surface area contributed by atoms with Crippen molar-refractivity contribution in [1.82, 2.24) is 0 Å². The van der Waals surface area contributed by atoms with E-state index in [1.807, 2.05) is 6.07 Å². The van der Waals surface area contributed by atoms with Gasteiger partial charge in [0.15, 0.2) is 0 Å². The van der Waals surface area contributed by atoms with Crippen LogP contribution < -0.4 is 4.90 Å². The number of fused-ring (bicyclic) bond motifs is 7. The van der Waals surface area contributed by atoms with Crippen LogP contribution in [0.25, 0.3) is 77.2 Å². The molecule has 1 aliphatic rings. The second-order valence-corrected chi connectivity index (χ2v) is 15.7. The van der Waals surface area contributed by atoms with Gasteiger partial charge >= 0.3 is 0 Å². The third-order valence-corrected chi connectivity index (χ3v) is 12.1. The van der Waals surface area contributed by atoms with E-state index in [2.05, 4.69) is 213 Å². The maximum Gasteiger partial charge on any atom is 0.136 e. The Bertz CT molecular complexity index is 3130. The van der Waals surface area contributed by atoms with Crippen molar-refractivity contribution in [3.05, 3.63) is 211 Å². The van der Waals surface area contributed by atoms with Crippen molar-refractivity contribution in [2.24, 2.45) is 0 Å². The fraction of sp³-hybridized carbons (Fsp3) is 0.0545. The number of hydrogen-bond acceptors (Lipinski definition) is 2. The van der Waals surface area contributed by atoms with Crippen molar-refractivity contribution in [3.63, 3.8) is 0 Å². The molecule has 0 saturated carbocycles. The number of para-hydroxylation sites is 1. The molecule has 0 N–H and O–H groups in total. The summed E-state index contributed by atoms with van der Waals surface area (Å²) in [5.74, 6) is 0. The Morgan fingerprint density at radius 1 is 0.404 bits per heavy atom. The largest absolute Gasteiger partial charge is 0.456 e. The van der Waals surface area contributed by atoms with E-state index in [-0.39, 0.29) is 5.41 Å². The number of rotatable bonds is 6. The van der Waals surface area contributed by atoms with E-state index in [9.17, 15) is 0 Å². The fourth-order valence-electron chi connectivity index (χ4n) is 9.17. The lowest BCUT2D eigenvalue weighted by Gasteiger charge is -2.30. The van der Waals surface area contributed by atoms with Crippen molar-refractivity contribution >= 4 is 49.8 Å². The molecule has 1 aliphatic carbocycles. The molecule has 0 saturated heterocycles. The van der Waals surface area contributed by atoms with Crippen LogP contribution in [-0.2, 0) is 5.41 Å². The normalized spacial score (nSPS) is 12.9. The van der Waals surface area contributed by atoms with E-state index in [1.165, 1.54) is 55.3 Å². The molecule has 1 aromatic heterocycles. The fourth-order valence-corrected chi connectivity index (χ4v) is 9.17. The summed E-state index contributed by atoms with van der Waals surface area (Å²) in [5.41, 5.74) is 17.3. The van der Waals surface area contributed by atoms with E-state index in [1.54, 1.807) is 0 Å². The molecule has 270 valence electrons. The minimum absolute atomic E-state index is 0.144. The molecule has 9 aromatic carbocycles. The van der Waals surface area contributed by atoms with Crippen LogP contribution in [0.15, 0.2) is 205 Å². The van der Waals surface area contributed by atoms with Crippen LogP contribution in [0.3, 0.4) is 0 Å². The van der Waals surface area contributed by atoms with Gasteiger partial charge in [0.1, 0.15) is 11.2 Å². The first-order valence-electron chi connectivity index (χ1n) is 19.8. The number of anilines is 3. The number of furan rings is 1. The van der Waals surface area contributed by atoms with Gasteiger partial charge in [-0.15, -0.1) is 0 Å². The van der Waals surface area contributed by atoms with Crippen LogP contribution in [0.4, 0.5) is 17.1 Å². The molecular weight excluding hydrogens is 691 g/mol. The van der Waals surface area contributed by atoms with Crippen molar-refractivity contribution < 1.29 is 4.42 Å². The Hall–Kier alpha value is -7.16. The molecule has 2 nitrogen and oxygen atoms in total. The number of benzene rings is 9. The Morgan fingerprint density at radius 3 is 1.86 bits per heavy atom. The summed E-state index contributed by atoms with van der Waals surface area (Å²) in [6, 6.07) is 72.7. The summed E-state index contributed by atoms with van der Waals surface area (Å²) in [6.07, 6.45) is 0. The third kappa shape index (κ3) is 5.40. The SMILES string of the molecule is CC1(C)c2ccccc2-c2ccc(N(c3ccc(-c4ccc5ccccc5c4)cc3)c3ccc4oc5ccccc5c4c3-c3ccc(-c4ccccc4)cc3)cc21. The zero-order valence-corrected chi connectivity index (χ0v) is 31.9. The molecule has 0 atom stereocenters. The van der Waals surface area contributed by atoms with Gasteiger partial charge in [0.05, 0.1) is 5.69 Å². The highest BCUT2D eigenvalue weighted by Crippen LogP contribution is 2.52. The number of hydrogen-bond donors (Lipinski definition) is 0. The molecule has 0 unspecified atom stereocenters. The smallest absolute Gasteiger partial charge is 0.136 e. The van der Waals surface area contributed by atoms with E-state index < -0.39 is 0 Å². The Kier molecular flexibility index (Phi) is 7.55. The van der Waals surface area contributed by atoms with Gasteiger partial charge in [0, 0.05) is 33.1 Å². The maximum absolute atomic E-state index is 6.55. The van der Waals surface area contributed by atoms with Gasteiger partial charge in [0.25, 0.3) is 0 Å². The van der Waals surface area contributed by atoms with Crippen molar-refractivity contribution in [1.29, 1.82) is 0 Å². The molecule has 0 amide bonds. The van der Waals surface area contributed by atoms with Crippen LogP contribution in [0, 0.1) is 0 Å². The van der Waals surface area contributed by atoms with Crippen molar-refractivity contribution in [2.45, 2.75) is 19.3 Å². The quantitative estimate of drug-likeness (QED) is 0.169. The lowest BCUT2D eigenvalue weighted by molar-refractivity contribution is 0.660. The van der Waals surface area contributed by atoms with Crippen LogP contribution in [-0.4, -0.2) is 0 Å². The van der Waals surface area contributed by atoms with Crippen molar-refractivity contribution in [2.75, 3.05) is 4.90 Å². The molecule has 0 spiro atoms. The lowest BCUT2D eigenvalue weighted by Crippen LogP contribution is -2.17. The average molecular weight is 730 g/mol. The second-order valence-electron chi connectivity index (χ2n) is 15.7. The molecule has 0 radical (unpaired) electrons.